The van der Waals surface area contributed by atoms with Crippen LogP contribution >= 0.6 is 0 Å². The summed E-state index contributed by atoms with van der Waals surface area (Å²) in [5.41, 5.74) is 2.19. The molecule has 3 heteroatoms. The van der Waals surface area contributed by atoms with Gasteiger partial charge in [0, 0.05) is 5.69 Å². The Balaban J connectivity index is 1.93. The number of nitrogens with one attached hydrogen (secondary N) is 1. The molecule has 0 aromatic heterocycles. The van der Waals surface area contributed by atoms with Gasteiger partial charge < -0.3 is 5.32 Å². The van der Waals surface area contributed by atoms with Crippen LogP contribution in [0.5, 0.6) is 0 Å². The summed E-state index contributed by atoms with van der Waals surface area (Å²) >= 11 is 0. The van der Waals surface area contributed by atoms with Gasteiger partial charge in [-0.2, -0.15) is 0 Å². The first-order valence-corrected chi connectivity index (χ1v) is 8.23. The van der Waals surface area contributed by atoms with Crippen LogP contribution in [0.25, 0.3) is 0 Å². The fourth-order valence-corrected chi connectivity index (χ4v) is 2.85. The normalized spacial score (nSPS) is 18.3. The second-order valence-corrected chi connectivity index (χ2v) is 6.39. The lowest BCUT2D eigenvalue weighted by Gasteiger charge is -2.26. The Morgan fingerprint density at radius 1 is 1.00 bits per heavy atom. The van der Waals surface area contributed by atoms with Crippen molar-refractivity contribution in [3.63, 3.8) is 0 Å². The molecule has 0 spiro atoms. The molecule has 21 heavy (non-hydrogen) atoms. The van der Waals surface area contributed by atoms with E-state index in [1.165, 1.54) is 31.2 Å². The van der Waals surface area contributed by atoms with E-state index in [9.17, 15) is 4.79 Å². The van der Waals surface area contributed by atoms with E-state index < -0.39 is 0 Å². The number of carbonyl (C=O) groups excluding carboxylic acids is 1. The molecule has 1 aromatic carbocycles. The van der Waals surface area contributed by atoms with E-state index >= 15 is 0 Å². The molecule has 116 valence electrons. The van der Waals surface area contributed by atoms with Gasteiger partial charge in [0.1, 0.15) is 0 Å². The lowest BCUT2D eigenvalue weighted by atomic mass is 10.0. The zero-order valence-corrected chi connectivity index (χ0v) is 13.6. The average molecular weight is 288 g/mol. The van der Waals surface area contributed by atoms with Gasteiger partial charge in [0.2, 0.25) is 5.91 Å². The molecular weight excluding hydrogens is 260 g/mol. The number of hydrogen-bond acceptors (Lipinski definition) is 2. The van der Waals surface area contributed by atoms with Crippen molar-refractivity contribution >= 4 is 11.6 Å². The maximum Gasteiger partial charge on any atom is 0.241 e. The second kappa shape index (κ2) is 7.60. The summed E-state index contributed by atoms with van der Waals surface area (Å²) in [4.78, 5) is 14.7. The van der Waals surface area contributed by atoms with Crippen molar-refractivity contribution in [2.75, 3.05) is 18.4 Å². The van der Waals surface area contributed by atoms with Crippen LogP contribution in [0.2, 0.25) is 0 Å². The molecule has 1 amide bonds. The van der Waals surface area contributed by atoms with Crippen molar-refractivity contribution in [2.45, 2.75) is 58.4 Å². The lowest BCUT2D eigenvalue weighted by Crippen LogP contribution is -2.42. The predicted octanol–water partition coefficient (Wildman–Crippen LogP) is 4.01. The van der Waals surface area contributed by atoms with E-state index in [2.05, 4.69) is 36.2 Å². The molecule has 1 aromatic rings. The maximum absolute atomic E-state index is 12.4. The van der Waals surface area contributed by atoms with Gasteiger partial charge in [0.25, 0.3) is 0 Å². The molecule has 1 atom stereocenters. The Morgan fingerprint density at radius 2 is 1.57 bits per heavy atom. The highest BCUT2D eigenvalue weighted by molar-refractivity contribution is 5.94. The van der Waals surface area contributed by atoms with Gasteiger partial charge in [-0.3, -0.25) is 9.69 Å². The number of likely N-dealkylation sites (tertiary alicyclic amines) is 1. The van der Waals surface area contributed by atoms with Crippen LogP contribution < -0.4 is 5.32 Å². The summed E-state index contributed by atoms with van der Waals surface area (Å²) in [6, 6.07) is 8.14. The quantitative estimate of drug-likeness (QED) is 0.907. The molecule has 1 aliphatic heterocycles. The molecule has 1 aliphatic rings. The van der Waals surface area contributed by atoms with E-state index in [0.29, 0.717) is 5.92 Å². The molecule has 1 heterocycles. The monoisotopic (exact) mass is 288 g/mol. The number of benzene rings is 1. The first kappa shape index (κ1) is 16.0. The minimum atomic E-state index is -0.0483. The first-order chi connectivity index (χ1) is 10.1. The molecule has 0 radical (unpaired) electrons. The summed E-state index contributed by atoms with van der Waals surface area (Å²) in [5, 5.41) is 3.04. The predicted molar refractivity (Wildman–Crippen MR) is 88.7 cm³/mol. The summed E-state index contributed by atoms with van der Waals surface area (Å²) in [6.07, 6.45) is 5.00. The van der Waals surface area contributed by atoms with Gasteiger partial charge in [-0.1, -0.05) is 38.8 Å². The third kappa shape index (κ3) is 4.57. The SMILES string of the molecule is CC(C)c1ccc(NC(=O)[C@@H](C)N2CCCCCC2)cc1. The summed E-state index contributed by atoms with van der Waals surface area (Å²) in [5.74, 6) is 0.625. The zero-order valence-electron chi connectivity index (χ0n) is 13.6. The molecule has 3 nitrogen and oxygen atoms in total. The van der Waals surface area contributed by atoms with Crippen molar-refractivity contribution in [2.24, 2.45) is 0 Å². The largest absolute Gasteiger partial charge is 0.325 e. The van der Waals surface area contributed by atoms with Crippen LogP contribution in [0.15, 0.2) is 24.3 Å². The number of rotatable bonds is 4. The van der Waals surface area contributed by atoms with Gasteiger partial charge in [-0.25, -0.2) is 0 Å². The molecule has 0 aliphatic carbocycles. The van der Waals surface area contributed by atoms with Crippen LogP contribution in [-0.2, 0) is 4.79 Å². The third-order valence-corrected chi connectivity index (χ3v) is 4.41. The van der Waals surface area contributed by atoms with E-state index in [1.54, 1.807) is 0 Å². The van der Waals surface area contributed by atoms with Gasteiger partial charge in [-0.05, 0) is 56.5 Å². The van der Waals surface area contributed by atoms with Gasteiger partial charge >= 0.3 is 0 Å². The molecule has 0 saturated carbocycles. The highest BCUT2D eigenvalue weighted by Crippen LogP contribution is 2.18. The third-order valence-electron chi connectivity index (χ3n) is 4.41. The topological polar surface area (TPSA) is 32.3 Å². The molecule has 1 N–H and O–H groups in total. The Hall–Kier alpha value is -1.35. The van der Waals surface area contributed by atoms with E-state index in [-0.39, 0.29) is 11.9 Å². The molecule has 2 rings (SSSR count). The fraction of sp³-hybridized carbons (Fsp3) is 0.611. The van der Waals surface area contributed by atoms with Crippen molar-refractivity contribution in [3.05, 3.63) is 29.8 Å². The summed E-state index contributed by atoms with van der Waals surface area (Å²) in [7, 11) is 0. The number of hydrogen-bond donors (Lipinski definition) is 1. The van der Waals surface area contributed by atoms with E-state index in [0.717, 1.165) is 18.8 Å². The number of carbonyl (C=O) groups is 1. The van der Waals surface area contributed by atoms with Crippen LogP contribution in [0.3, 0.4) is 0 Å². The Labute approximate surface area is 128 Å². The smallest absolute Gasteiger partial charge is 0.241 e. The van der Waals surface area contributed by atoms with Crippen LogP contribution in [0.1, 0.15) is 57.9 Å². The van der Waals surface area contributed by atoms with Crippen molar-refractivity contribution in [1.82, 2.24) is 4.90 Å². The number of anilines is 1. The van der Waals surface area contributed by atoms with E-state index in [1.807, 2.05) is 19.1 Å². The standard InChI is InChI=1S/C18H28N2O/c1-14(2)16-8-10-17(11-9-16)19-18(21)15(3)20-12-6-4-5-7-13-20/h8-11,14-15H,4-7,12-13H2,1-3H3,(H,19,21)/t15-/m1/s1. The van der Waals surface area contributed by atoms with Crippen LogP contribution in [0, 0.1) is 0 Å². The molecular formula is C18H28N2O. The number of amides is 1. The Bertz CT molecular complexity index is 445. The van der Waals surface area contributed by atoms with Crippen molar-refractivity contribution in [3.8, 4) is 0 Å². The molecule has 0 bridgehead atoms. The molecule has 1 saturated heterocycles. The lowest BCUT2D eigenvalue weighted by molar-refractivity contribution is -0.120. The zero-order chi connectivity index (χ0) is 15.2. The van der Waals surface area contributed by atoms with Gasteiger partial charge in [0.15, 0.2) is 0 Å². The molecule has 1 fully saturated rings. The van der Waals surface area contributed by atoms with E-state index in [4.69, 9.17) is 0 Å². The van der Waals surface area contributed by atoms with Crippen LogP contribution in [-0.4, -0.2) is 29.9 Å². The fourth-order valence-electron chi connectivity index (χ4n) is 2.85. The Morgan fingerprint density at radius 3 is 2.10 bits per heavy atom. The molecule has 0 unspecified atom stereocenters. The summed E-state index contributed by atoms with van der Waals surface area (Å²) < 4.78 is 0. The first-order valence-electron chi connectivity index (χ1n) is 8.23. The van der Waals surface area contributed by atoms with Gasteiger partial charge in [0.05, 0.1) is 6.04 Å². The van der Waals surface area contributed by atoms with Gasteiger partial charge in [-0.15, -0.1) is 0 Å². The Kier molecular flexibility index (Phi) is 5.80. The number of nitrogens with zero attached hydrogens (tertiary/aromatic N) is 1. The maximum atomic E-state index is 12.4. The van der Waals surface area contributed by atoms with Crippen molar-refractivity contribution in [1.29, 1.82) is 0 Å². The average Bonchev–Trinajstić information content (AvgIpc) is 2.76. The second-order valence-electron chi connectivity index (χ2n) is 6.39. The van der Waals surface area contributed by atoms with Crippen LogP contribution in [0.4, 0.5) is 5.69 Å². The minimum Gasteiger partial charge on any atom is -0.325 e. The highest BCUT2D eigenvalue weighted by Gasteiger charge is 2.22. The van der Waals surface area contributed by atoms with Crippen molar-refractivity contribution < 1.29 is 4.79 Å². The minimum absolute atomic E-state index is 0.0483. The highest BCUT2D eigenvalue weighted by atomic mass is 16.2. The summed E-state index contributed by atoms with van der Waals surface area (Å²) in [6.45, 7) is 8.45.